The predicted octanol–water partition coefficient (Wildman–Crippen LogP) is 2.26. The number of likely N-dealkylation sites (tertiary alicyclic amines) is 1. The van der Waals surface area contributed by atoms with Gasteiger partial charge in [-0.15, -0.1) is 0 Å². The van der Waals surface area contributed by atoms with Crippen molar-refractivity contribution >= 4 is 23.5 Å². The summed E-state index contributed by atoms with van der Waals surface area (Å²) in [5, 5.41) is 13.3. The number of nitrogens with zero attached hydrogens (tertiary/aromatic N) is 2. The molecular weight excluding hydrogens is 368 g/mol. The Morgan fingerprint density at radius 1 is 1.41 bits per heavy atom. The van der Waals surface area contributed by atoms with E-state index < -0.39 is 17.4 Å². The zero-order valence-corrected chi connectivity index (χ0v) is 16.0. The Kier molecular flexibility index (Phi) is 5.53. The van der Waals surface area contributed by atoms with Crippen LogP contribution in [0.5, 0.6) is 0 Å². The molecule has 144 valence electrons. The molecule has 0 saturated carbocycles. The number of carboxylic acid groups (broad SMARTS) is 1. The van der Waals surface area contributed by atoms with Crippen molar-refractivity contribution in [2.24, 2.45) is 5.92 Å². The molecule has 2 heterocycles. The Balaban J connectivity index is 1.79. The topological polar surface area (TPSA) is 98.3 Å². The first-order chi connectivity index (χ1) is 12.8. The molecule has 8 heteroatoms. The second-order valence-electron chi connectivity index (χ2n) is 7.11. The maximum atomic E-state index is 12.9. The first-order valence-electron chi connectivity index (χ1n) is 8.79. The summed E-state index contributed by atoms with van der Waals surface area (Å²) in [6, 6.07) is 6.88. The summed E-state index contributed by atoms with van der Waals surface area (Å²) >= 11 is 5.98. The van der Waals surface area contributed by atoms with Crippen molar-refractivity contribution in [2.45, 2.75) is 31.3 Å². The van der Waals surface area contributed by atoms with Crippen molar-refractivity contribution in [1.82, 2.24) is 20.2 Å². The third-order valence-corrected chi connectivity index (χ3v) is 5.70. The molecule has 3 N–H and O–H groups in total. The van der Waals surface area contributed by atoms with E-state index in [4.69, 9.17) is 11.6 Å². The standard InChI is InChI=1S/C19H23ClN4O3/c1-19(18(26)27)9-15(17(25)22-8-7-14-10-21-11-23-14)16(24(19)2)12-3-5-13(20)6-4-12/h3-6,10-11,15-16H,7-9H2,1-2H3,(H,21,23)(H,22,25)(H,26,27)/t15-,16-,19-/m0/s1. The number of imidazole rings is 1. The lowest BCUT2D eigenvalue weighted by atomic mass is 9.89. The number of H-pyrrole nitrogens is 1. The van der Waals surface area contributed by atoms with Crippen LogP contribution in [0.1, 0.15) is 30.6 Å². The third-order valence-electron chi connectivity index (χ3n) is 5.45. The van der Waals surface area contributed by atoms with Crippen LogP contribution in [0.3, 0.4) is 0 Å². The maximum Gasteiger partial charge on any atom is 0.323 e. The number of likely N-dealkylation sites (N-methyl/N-ethyl adjacent to an activating group) is 1. The summed E-state index contributed by atoms with van der Waals surface area (Å²) in [4.78, 5) is 33.5. The molecule has 1 aliphatic rings. The lowest BCUT2D eigenvalue weighted by molar-refractivity contribution is -0.148. The quantitative estimate of drug-likeness (QED) is 0.702. The van der Waals surface area contributed by atoms with E-state index in [1.807, 2.05) is 12.1 Å². The number of hydrogen-bond donors (Lipinski definition) is 3. The SMILES string of the molecule is CN1[C@@H](c2ccc(Cl)cc2)[C@@H](C(=O)NCCc2cnc[nH]2)C[C@@]1(C)C(=O)O. The summed E-state index contributed by atoms with van der Waals surface area (Å²) < 4.78 is 0. The first-order valence-corrected chi connectivity index (χ1v) is 9.17. The van der Waals surface area contributed by atoms with Gasteiger partial charge in [0.1, 0.15) is 5.54 Å². The van der Waals surface area contributed by atoms with Gasteiger partial charge < -0.3 is 15.4 Å². The first kappa shape index (κ1) is 19.4. The average molecular weight is 391 g/mol. The van der Waals surface area contributed by atoms with Crippen LogP contribution >= 0.6 is 11.6 Å². The minimum atomic E-state index is -1.12. The molecule has 0 radical (unpaired) electrons. The number of benzene rings is 1. The van der Waals surface area contributed by atoms with E-state index in [-0.39, 0.29) is 18.4 Å². The minimum Gasteiger partial charge on any atom is -0.480 e. The van der Waals surface area contributed by atoms with E-state index in [0.29, 0.717) is 18.0 Å². The summed E-state index contributed by atoms with van der Waals surface area (Å²) in [6.45, 7) is 2.12. The zero-order chi connectivity index (χ0) is 19.6. The zero-order valence-electron chi connectivity index (χ0n) is 15.3. The van der Waals surface area contributed by atoms with Gasteiger partial charge in [-0.05, 0) is 38.1 Å². The largest absolute Gasteiger partial charge is 0.480 e. The van der Waals surface area contributed by atoms with Crippen LogP contribution in [-0.2, 0) is 16.0 Å². The molecule has 27 heavy (non-hydrogen) atoms. The molecule has 1 aromatic carbocycles. The van der Waals surface area contributed by atoms with E-state index in [9.17, 15) is 14.7 Å². The van der Waals surface area contributed by atoms with E-state index in [2.05, 4.69) is 15.3 Å². The molecule has 0 unspecified atom stereocenters. The Labute approximate surface area is 162 Å². The van der Waals surface area contributed by atoms with Crippen molar-refractivity contribution in [3.05, 3.63) is 53.1 Å². The van der Waals surface area contributed by atoms with Gasteiger partial charge in [0.25, 0.3) is 0 Å². The van der Waals surface area contributed by atoms with Crippen LogP contribution in [0.2, 0.25) is 5.02 Å². The van der Waals surface area contributed by atoms with Gasteiger partial charge in [0.15, 0.2) is 0 Å². The molecule has 7 nitrogen and oxygen atoms in total. The number of aromatic amines is 1. The van der Waals surface area contributed by atoms with E-state index in [0.717, 1.165) is 11.3 Å². The fourth-order valence-corrected chi connectivity index (χ4v) is 3.85. The van der Waals surface area contributed by atoms with Crippen LogP contribution in [0, 0.1) is 5.92 Å². The highest BCUT2D eigenvalue weighted by Gasteiger charge is 2.54. The van der Waals surface area contributed by atoms with Crippen LogP contribution in [0.25, 0.3) is 0 Å². The van der Waals surface area contributed by atoms with E-state index >= 15 is 0 Å². The molecule has 0 bridgehead atoms. The summed E-state index contributed by atoms with van der Waals surface area (Å²) in [7, 11) is 1.76. The number of amides is 1. The molecule has 3 atom stereocenters. The smallest absolute Gasteiger partial charge is 0.323 e. The summed E-state index contributed by atoms with van der Waals surface area (Å²) in [5.74, 6) is -1.55. The van der Waals surface area contributed by atoms with Gasteiger partial charge in [0.2, 0.25) is 5.91 Å². The average Bonchev–Trinajstić information content (AvgIpc) is 3.24. The van der Waals surface area contributed by atoms with Crippen molar-refractivity contribution < 1.29 is 14.7 Å². The lowest BCUT2D eigenvalue weighted by Crippen LogP contribution is -2.46. The monoisotopic (exact) mass is 390 g/mol. The minimum absolute atomic E-state index is 0.147. The fourth-order valence-electron chi connectivity index (χ4n) is 3.72. The molecule has 1 aromatic heterocycles. The number of aliphatic carboxylic acids is 1. The van der Waals surface area contributed by atoms with Gasteiger partial charge in [-0.1, -0.05) is 23.7 Å². The number of carbonyl (C=O) groups is 2. The maximum absolute atomic E-state index is 12.9. The Hall–Kier alpha value is -2.38. The van der Waals surface area contributed by atoms with Crippen molar-refractivity contribution in [3.8, 4) is 0 Å². The molecular formula is C19H23ClN4O3. The van der Waals surface area contributed by atoms with Gasteiger partial charge >= 0.3 is 5.97 Å². The molecule has 0 aliphatic carbocycles. The van der Waals surface area contributed by atoms with Crippen LogP contribution < -0.4 is 5.32 Å². The van der Waals surface area contributed by atoms with E-state index in [1.165, 1.54) is 0 Å². The predicted molar refractivity (Wildman–Crippen MR) is 101 cm³/mol. The molecule has 1 amide bonds. The number of nitrogens with one attached hydrogen (secondary N) is 2. The van der Waals surface area contributed by atoms with Gasteiger partial charge in [-0.25, -0.2) is 4.98 Å². The third kappa shape index (κ3) is 3.84. The van der Waals surface area contributed by atoms with Crippen LogP contribution in [-0.4, -0.2) is 51.0 Å². The number of aromatic nitrogens is 2. The Morgan fingerprint density at radius 3 is 2.70 bits per heavy atom. The highest BCUT2D eigenvalue weighted by Crippen LogP contribution is 2.46. The number of carboxylic acids is 1. The van der Waals surface area contributed by atoms with Crippen LogP contribution in [0.15, 0.2) is 36.8 Å². The Bertz CT molecular complexity index is 809. The number of rotatable bonds is 6. The molecule has 2 aromatic rings. The van der Waals surface area contributed by atoms with Crippen molar-refractivity contribution in [3.63, 3.8) is 0 Å². The highest BCUT2D eigenvalue weighted by molar-refractivity contribution is 6.30. The van der Waals surface area contributed by atoms with Crippen LogP contribution in [0.4, 0.5) is 0 Å². The van der Waals surface area contributed by atoms with Gasteiger partial charge in [-0.3, -0.25) is 14.5 Å². The molecule has 3 rings (SSSR count). The molecule has 1 saturated heterocycles. The van der Waals surface area contributed by atoms with Crippen molar-refractivity contribution in [2.75, 3.05) is 13.6 Å². The number of carbonyl (C=O) groups excluding carboxylic acids is 1. The van der Waals surface area contributed by atoms with Gasteiger partial charge in [-0.2, -0.15) is 0 Å². The normalized spacial score (nSPS) is 25.4. The van der Waals surface area contributed by atoms with Gasteiger partial charge in [0.05, 0.1) is 12.2 Å². The van der Waals surface area contributed by atoms with E-state index in [1.54, 1.807) is 43.5 Å². The fraction of sp³-hybridized carbons (Fsp3) is 0.421. The molecule has 1 aliphatic heterocycles. The number of hydrogen-bond acceptors (Lipinski definition) is 4. The lowest BCUT2D eigenvalue weighted by Gasteiger charge is -2.32. The molecule has 0 spiro atoms. The van der Waals surface area contributed by atoms with Gasteiger partial charge in [0, 0.05) is 35.9 Å². The second-order valence-corrected chi connectivity index (χ2v) is 7.55. The summed E-state index contributed by atoms with van der Waals surface area (Å²) in [5.41, 5.74) is 0.694. The number of halogens is 1. The molecule has 1 fully saturated rings. The second kappa shape index (κ2) is 7.70. The Morgan fingerprint density at radius 2 is 2.11 bits per heavy atom. The van der Waals surface area contributed by atoms with Crippen molar-refractivity contribution in [1.29, 1.82) is 0 Å². The highest BCUT2D eigenvalue weighted by atomic mass is 35.5. The summed E-state index contributed by atoms with van der Waals surface area (Å²) in [6.07, 6.45) is 4.18.